The molecule has 2 N–H and O–H groups in total. The van der Waals surface area contributed by atoms with Gasteiger partial charge in [-0.05, 0) is 59.2 Å². The van der Waals surface area contributed by atoms with Gasteiger partial charge in [-0.3, -0.25) is 0 Å². The lowest BCUT2D eigenvalue weighted by molar-refractivity contribution is 0.262. The van der Waals surface area contributed by atoms with Crippen LogP contribution in [0, 0.1) is 3.57 Å². The first-order valence-corrected chi connectivity index (χ1v) is 7.96. The Morgan fingerprint density at radius 2 is 1.89 bits per heavy atom. The van der Waals surface area contributed by atoms with Crippen molar-refractivity contribution in [3.05, 3.63) is 52.1 Å². The molecule has 0 spiro atoms. The fourth-order valence-electron chi connectivity index (χ4n) is 1.55. The van der Waals surface area contributed by atoms with Gasteiger partial charge < -0.3 is 10.6 Å². The number of rotatable bonds is 3. The lowest BCUT2D eigenvalue weighted by Crippen LogP contribution is -2.19. The zero-order chi connectivity index (χ0) is 13.7. The molecule has 0 bridgehead atoms. The van der Waals surface area contributed by atoms with Crippen molar-refractivity contribution in [1.29, 1.82) is 0 Å². The summed E-state index contributed by atoms with van der Waals surface area (Å²) in [4.78, 5) is 13.0. The molecule has 3 nitrogen and oxygen atoms in total. The number of thioether (sulfide) groups is 1. The van der Waals surface area contributed by atoms with Crippen LogP contribution in [-0.4, -0.2) is 12.3 Å². The zero-order valence-corrected chi connectivity index (χ0v) is 13.3. The summed E-state index contributed by atoms with van der Waals surface area (Å²) in [6.07, 6.45) is 2.01. The SMILES string of the molecule is CSc1cccc(NC(=O)Nc2ccccc2I)c1. The van der Waals surface area contributed by atoms with Crippen LogP contribution in [0.4, 0.5) is 16.2 Å². The Morgan fingerprint density at radius 1 is 1.11 bits per heavy atom. The monoisotopic (exact) mass is 384 g/mol. The molecule has 0 heterocycles. The van der Waals surface area contributed by atoms with E-state index in [2.05, 4.69) is 33.2 Å². The maximum absolute atomic E-state index is 11.9. The van der Waals surface area contributed by atoms with Crippen LogP contribution >= 0.6 is 34.4 Å². The van der Waals surface area contributed by atoms with Crippen molar-refractivity contribution in [2.45, 2.75) is 4.90 Å². The van der Waals surface area contributed by atoms with Crippen molar-refractivity contribution in [2.75, 3.05) is 16.9 Å². The number of anilines is 2. The van der Waals surface area contributed by atoms with E-state index in [-0.39, 0.29) is 6.03 Å². The highest BCUT2D eigenvalue weighted by Crippen LogP contribution is 2.20. The number of nitrogens with one attached hydrogen (secondary N) is 2. The molecule has 0 atom stereocenters. The predicted octanol–water partition coefficient (Wildman–Crippen LogP) is 4.66. The van der Waals surface area contributed by atoms with E-state index in [1.165, 1.54) is 0 Å². The lowest BCUT2D eigenvalue weighted by Gasteiger charge is -2.09. The van der Waals surface area contributed by atoms with Crippen molar-refractivity contribution >= 4 is 51.8 Å². The molecule has 0 radical (unpaired) electrons. The minimum absolute atomic E-state index is 0.234. The topological polar surface area (TPSA) is 41.1 Å². The van der Waals surface area contributed by atoms with Crippen LogP contribution in [-0.2, 0) is 0 Å². The third-order valence-electron chi connectivity index (χ3n) is 2.45. The Balaban J connectivity index is 2.03. The summed E-state index contributed by atoms with van der Waals surface area (Å²) in [5, 5.41) is 5.66. The Kier molecular flexibility index (Phi) is 5.09. The van der Waals surface area contributed by atoms with Gasteiger partial charge in [0.25, 0.3) is 0 Å². The smallest absolute Gasteiger partial charge is 0.308 e. The van der Waals surface area contributed by atoms with Crippen molar-refractivity contribution in [3.8, 4) is 0 Å². The fraction of sp³-hybridized carbons (Fsp3) is 0.0714. The Morgan fingerprint density at radius 3 is 2.63 bits per heavy atom. The maximum atomic E-state index is 11.9. The summed E-state index contributed by atoms with van der Waals surface area (Å²) in [5.74, 6) is 0. The van der Waals surface area contributed by atoms with E-state index >= 15 is 0 Å². The van der Waals surface area contributed by atoms with Gasteiger partial charge in [-0.1, -0.05) is 18.2 Å². The Labute approximate surface area is 130 Å². The van der Waals surface area contributed by atoms with Gasteiger partial charge in [0.05, 0.1) is 5.69 Å². The average Bonchev–Trinajstić information content (AvgIpc) is 2.41. The fourth-order valence-corrected chi connectivity index (χ4v) is 2.53. The van der Waals surface area contributed by atoms with E-state index in [1.807, 2.05) is 54.8 Å². The van der Waals surface area contributed by atoms with Crippen LogP contribution in [0.2, 0.25) is 0 Å². The van der Waals surface area contributed by atoms with Gasteiger partial charge in [-0.2, -0.15) is 0 Å². The molecule has 2 amide bonds. The highest BCUT2D eigenvalue weighted by atomic mass is 127. The highest BCUT2D eigenvalue weighted by molar-refractivity contribution is 14.1. The van der Waals surface area contributed by atoms with Gasteiger partial charge in [0.2, 0.25) is 0 Å². The molecule has 0 fully saturated rings. The first kappa shape index (κ1) is 14.2. The molecular weight excluding hydrogens is 371 g/mol. The number of hydrogen-bond donors (Lipinski definition) is 2. The number of hydrogen-bond acceptors (Lipinski definition) is 2. The van der Waals surface area contributed by atoms with E-state index in [9.17, 15) is 4.79 Å². The number of urea groups is 1. The Hall–Kier alpha value is -1.21. The summed E-state index contributed by atoms with van der Waals surface area (Å²) >= 11 is 3.83. The summed E-state index contributed by atoms with van der Waals surface area (Å²) in [7, 11) is 0. The second-order valence-electron chi connectivity index (χ2n) is 3.79. The van der Waals surface area contributed by atoms with E-state index in [0.29, 0.717) is 0 Å². The highest BCUT2D eigenvalue weighted by Gasteiger charge is 2.05. The van der Waals surface area contributed by atoms with Gasteiger partial charge in [-0.15, -0.1) is 11.8 Å². The molecule has 0 aromatic heterocycles. The van der Waals surface area contributed by atoms with Crippen molar-refractivity contribution in [1.82, 2.24) is 0 Å². The molecule has 2 aromatic carbocycles. The van der Waals surface area contributed by atoms with Gasteiger partial charge in [-0.25, -0.2) is 4.79 Å². The van der Waals surface area contributed by atoms with Crippen molar-refractivity contribution < 1.29 is 4.79 Å². The number of para-hydroxylation sites is 1. The number of amides is 2. The van der Waals surface area contributed by atoms with E-state index in [1.54, 1.807) is 11.8 Å². The van der Waals surface area contributed by atoms with E-state index in [0.717, 1.165) is 19.8 Å². The van der Waals surface area contributed by atoms with Gasteiger partial charge >= 0.3 is 6.03 Å². The van der Waals surface area contributed by atoms with Crippen LogP contribution < -0.4 is 10.6 Å². The predicted molar refractivity (Wildman–Crippen MR) is 90.0 cm³/mol. The van der Waals surface area contributed by atoms with E-state index in [4.69, 9.17) is 0 Å². The zero-order valence-electron chi connectivity index (χ0n) is 10.3. The summed E-state index contributed by atoms with van der Waals surface area (Å²) in [6, 6.07) is 15.2. The molecule has 2 rings (SSSR count). The number of carbonyl (C=O) groups excluding carboxylic acids is 1. The van der Waals surface area contributed by atoms with Crippen LogP contribution in [0.1, 0.15) is 0 Å². The Bertz CT molecular complexity index is 589. The van der Waals surface area contributed by atoms with Gasteiger partial charge in [0.1, 0.15) is 0 Å². The normalized spacial score (nSPS) is 10.0. The quantitative estimate of drug-likeness (QED) is 0.597. The number of benzene rings is 2. The second-order valence-corrected chi connectivity index (χ2v) is 5.83. The van der Waals surface area contributed by atoms with Gasteiger partial charge in [0, 0.05) is 14.2 Å². The average molecular weight is 384 g/mol. The standard InChI is InChI=1S/C14H13IN2OS/c1-19-11-6-4-5-10(9-11)16-14(18)17-13-8-3-2-7-12(13)15/h2-9H,1H3,(H2,16,17,18). The third-order valence-corrected chi connectivity index (χ3v) is 4.12. The summed E-state index contributed by atoms with van der Waals surface area (Å²) in [6.45, 7) is 0. The molecule has 98 valence electrons. The summed E-state index contributed by atoms with van der Waals surface area (Å²) in [5.41, 5.74) is 1.59. The molecule has 0 aliphatic carbocycles. The van der Waals surface area contributed by atoms with E-state index < -0.39 is 0 Å². The first-order valence-electron chi connectivity index (χ1n) is 5.65. The summed E-state index contributed by atoms with van der Waals surface area (Å²) < 4.78 is 1.01. The molecule has 0 saturated carbocycles. The number of halogens is 1. The first-order chi connectivity index (χ1) is 9.19. The van der Waals surface area contributed by atoms with Crippen LogP contribution in [0.5, 0.6) is 0 Å². The maximum Gasteiger partial charge on any atom is 0.323 e. The molecule has 0 aliphatic heterocycles. The largest absolute Gasteiger partial charge is 0.323 e. The number of carbonyl (C=O) groups is 1. The van der Waals surface area contributed by atoms with Crippen molar-refractivity contribution in [2.24, 2.45) is 0 Å². The lowest BCUT2D eigenvalue weighted by atomic mass is 10.3. The minimum Gasteiger partial charge on any atom is -0.308 e. The molecule has 2 aromatic rings. The van der Waals surface area contributed by atoms with Crippen LogP contribution in [0.3, 0.4) is 0 Å². The second kappa shape index (κ2) is 6.81. The molecule has 5 heteroatoms. The van der Waals surface area contributed by atoms with Gasteiger partial charge in [0.15, 0.2) is 0 Å². The third kappa shape index (κ3) is 4.14. The molecule has 0 unspecified atom stereocenters. The molecule has 0 saturated heterocycles. The van der Waals surface area contributed by atoms with Crippen LogP contribution in [0.25, 0.3) is 0 Å². The van der Waals surface area contributed by atoms with Crippen LogP contribution in [0.15, 0.2) is 53.4 Å². The van der Waals surface area contributed by atoms with Crippen molar-refractivity contribution in [3.63, 3.8) is 0 Å². The molecule has 19 heavy (non-hydrogen) atoms. The molecule has 0 aliphatic rings. The minimum atomic E-state index is -0.234. The molecular formula is C14H13IN2OS.